The molecule has 1 saturated heterocycles. The predicted octanol–water partition coefficient (Wildman–Crippen LogP) is 1.94. The van der Waals surface area contributed by atoms with E-state index >= 15 is 0 Å². The van der Waals surface area contributed by atoms with E-state index in [1.54, 1.807) is 24.1 Å². The number of hydrazine groups is 1. The minimum atomic E-state index is -0.854. The number of hydrogen-bond donors (Lipinski definition) is 2. The Labute approximate surface area is 151 Å². The summed E-state index contributed by atoms with van der Waals surface area (Å²) in [5.74, 6) is -1.12. The first-order chi connectivity index (χ1) is 12.4. The lowest BCUT2D eigenvalue weighted by Gasteiger charge is -2.30. The number of carbonyl (C=O) groups is 3. The predicted molar refractivity (Wildman–Crippen MR) is 93.6 cm³/mol. The number of carbonyl (C=O) groups excluding carboxylic acids is 3. The van der Waals surface area contributed by atoms with Gasteiger partial charge in [0.05, 0.1) is 0 Å². The molecule has 3 rings (SSSR count). The van der Waals surface area contributed by atoms with Crippen molar-refractivity contribution >= 4 is 23.5 Å². The lowest BCUT2D eigenvalue weighted by atomic mass is 9.82. The van der Waals surface area contributed by atoms with Gasteiger partial charge in [0.1, 0.15) is 11.4 Å². The van der Waals surface area contributed by atoms with Gasteiger partial charge in [-0.1, -0.05) is 19.3 Å². The molecular weight excluding hydrogens is 339 g/mol. The van der Waals surface area contributed by atoms with Crippen LogP contribution in [0.5, 0.6) is 0 Å². The molecule has 0 unspecified atom stereocenters. The fraction of sp³-hybridized carbons (Fsp3) is 0.500. The largest absolute Gasteiger partial charge is 0.374 e. The quantitative estimate of drug-likeness (QED) is 0.785. The highest BCUT2D eigenvalue weighted by molar-refractivity contribution is 6.08. The van der Waals surface area contributed by atoms with Crippen molar-refractivity contribution in [3.8, 4) is 0 Å². The van der Waals surface area contributed by atoms with Crippen molar-refractivity contribution in [2.75, 3.05) is 18.5 Å². The van der Waals surface area contributed by atoms with E-state index in [1.807, 2.05) is 0 Å². The van der Waals surface area contributed by atoms with Gasteiger partial charge < -0.3 is 10.2 Å². The van der Waals surface area contributed by atoms with Gasteiger partial charge >= 0.3 is 6.03 Å². The molecule has 0 atom stereocenters. The Morgan fingerprint density at radius 2 is 1.88 bits per heavy atom. The maximum atomic E-state index is 13.0. The lowest BCUT2D eigenvalue weighted by molar-refractivity contribution is -0.139. The number of nitrogens with one attached hydrogen (secondary N) is 2. The van der Waals surface area contributed by atoms with Crippen LogP contribution in [0.1, 0.15) is 38.5 Å². The molecule has 4 amide bonds. The molecule has 0 aromatic heterocycles. The van der Waals surface area contributed by atoms with E-state index in [-0.39, 0.29) is 18.1 Å². The van der Waals surface area contributed by atoms with Crippen LogP contribution in [0.4, 0.5) is 14.9 Å². The van der Waals surface area contributed by atoms with Gasteiger partial charge in [-0.2, -0.15) is 5.01 Å². The van der Waals surface area contributed by atoms with Gasteiger partial charge in [-0.3, -0.25) is 15.0 Å². The van der Waals surface area contributed by atoms with Crippen LogP contribution in [0.25, 0.3) is 0 Å². The summed E-state index contributed by atoms with van der Waals surface area (Å²) in [6, 6.07) is 5.37. The van der Waals surface area contributed by atoms with Gasteiger partial charge in [0.2, 0.25) is 5.91 Å². The number of benzene rings is 1. The Bertz CT molecular complexity index is 701. The number of hydrogen-bond acceptors (Lipinski definition) is 4. The molecule has 1 spiro atoms. The zero-order chi connectivity index (χ0) is 18.7. The summed E-state index contributed by atoms with van der Waals surface area (Å²) in [4.78, 5) is 38.7. The molecule has 8 heteroatoms. The van der Waals surface area contributed by atoms with Crippen LogP contribution in [0.3, 0.4) is 0 Å². The normalized spacial score (nSPS) is 18.8. The third kappa shape index (κ3) is 3.63. The number of amides is 4. The molecule has 0 bridgehead atoms. The highest BCUT2D eigenvalue weighted by atomic mass is 19.1. The Kier molecular flexibility index (Phi) is 5.11. The van der Waals surface area contributed by atoms with Crippen molar-refractivity contribution in [3.05, 3.63) is 30.1 Å². The van der Waals surface area contributed by atoms with Crippen molar-refractivity contribution < 1.29 is 18.8 Å². The number of anilines is 1. The molecule has 1 aromatic carbocycles. The second-order valence-corrected chi connectivity index (χ2v) is 6.90. The molecule has 0 radical (unpaired) electrons. The summed E-state index contributed by atoms with van der Waals surface area (Å²) in [5.41, 5.74) is 2.33. The third-order valence-corrected chi connectivity index (χ3v) is 5.05. The zero-order valence-electron chi connectivity index (χ0n) is 14.8. The Morgan fingerprint density at radius 1 is 1.23 bits per heavy atom. The van der Waals surface area contributed by atoms with E-state index in [9.17, 15) is 18.8 Å². The highest BCUT2D eigenvalue weighted by Crippen LogP contribution is 2.32. The molecule has 26 heavy (non-hydrogen) atoms. The van der Waals surface area contributed by atoms with Crippen LogP contribution < -0.4 is 15.6 Å². The molecular formula is C18H23FN4O3. The first-order valence-electron chi connectivity index (χ1n) is 8.84. The second-order valence-electron chi connectivity index (χ2n) is 6.90. The molecule has 2 aliphatic rings. The minimum Gasteiger partial charge on any atom is -0.374 e. The van der Waals surface area contributed by atoms with Crippen molar-refractivity contribution in [2.24, 2.45) is 0 Å². The van der Waals surface area contributed by atoms with Gasteiger partial charge in [0.15, 0.2) is 0 Å². The van der Waals surface area contributed by atoms with E-state index in [2.05, 4.69) is 10.7 Å². The number of rotatable bonds is 5. The smallest absolute Gasteiger partial charge is 0.344 e. The summed E-state index contributed by atoms with van der Waals surface area (Å²) in [7, 11) is 1.78. The molecule has 1 aromatic rings. The van der Waals surface area contributed by atoms with Gasteiger partial charge in [-0.15, -0.1) is 0 Å². The van der Waals surface area contributed by atoms with Gasteiger partial charge in [0, 0.05) is 25.7 Å². The van der Waals surface area contributed by atoms with Crippen molar-refractivity contribution in [2.45, 2.75) is 44.1 Å². The molecule has 1 saturated carbocycles. The topological polar surface area (TPSA) is 81.8 Å². The number of nitrogens with zero attached hydrogens (tertiary/aromatic N) is 2. The van der Waals surface area contributed by atoms with E-state index in [0.29, 0.717) is 19.4 Å². The van der Waals surface area contributed by atoms with Gasteiger partial charge in [0.25, 0.3) is 5.91 Å². The third-order valence-electron chi connectivity index (χ3n) is 5.05. The second kappa shape index (κ2) is 7.31. The van der Waals surface area contributed by atoms with Crippen LogP contribution >= 0.6 is 0 Å². The average molecular weight is 362 g/mol. The molecule has 7 nitrogen and oxygen atoms in total. The summed E-state index contributed by atoms with van der Waals surface area (Å²) in [6.45, 7) is 0.367. The van der Waals surface area contributed by atoms with Crippen LogP contribution in [0.2, 0.25) is 0 Å². The fourth-order valence-electron chi connectivity index (χ4n) is 3.49. The maximum absolute atomic E-state index is 13.0. The van der Waals surface area contributed by atoms with Gasteiger partial charge in [-0.05, 0) is 37.1 Å². The number of halogens is 1. The molecule has 2 fully saturated rings. The highest BCUT2D eigenvalue weighted by Gasteiger charge is 2.52. The fourth-order valence-corrected chi connectivity index (χ4v) is 3.49. The van der Waals surface area contributed by atoms with E-state index in [0.717, 1.165) is 30.0 Å². The Balaban J connectivity index is 1.53. The number of imide groups is 1. The summed E-state index contributed by atoms with van der Waals surface area (Å²) >= 11 is 0. The van der Waals surface area contributed by atoms with Crippen LogP contribution in [-0.4, -0.2) is 42.0 Å². The molecule has 140 valence electrons. The van der Waals surface area contributed by atoms with E-state index in [1.165, 1.54) is 12.1 Å². The van der Waals surface area contributed by atoms with Crippen molar-refractivity contribution in [3.63, 3.8) is 0 Å². The molecule has 1 aliphatic heterocycles. The first kappa shape index (κ1) is 18.2. The van der Waals surface area contributed by atoms with Crippen LogP contribution in [-0.2, 0) is 9.59 Å². The van der Waals surface area contributed by atoms with Crippen molar-refractivity contribution in [1.82, 2.24) is 15.8 Å². The summed E-state index contributed by atoms with van der Waals surface area (Å²) in [6.07, 6.45) is 4.13. The molecule has 2 N–H and O–H groups in total. The van der Waals surface area contributed by atoms with Crippen molar-refractivity contribution in [1.29, 1.82) is 0 Å². The lowest BCUT2D eigenvalue weighted by Crippen LogP contribution is -2.51. The Hall–Kier alpha value is -2.64. The zero-order valence-corrected chi connectivity index (χ0v) is 14.8. The van der Waals surface area contributed by atoms with Crippen LogP contribution in [0.15, 0.2) is 24.3 Å². The summed E-state index contributed by atoms with van der Waals surface area (Å²) < 4.78 is 13.0. The van der Waals surface area contributed by atoms with E-state index in [4.69, 9.17) is 0 Å². The monoisotopic (exact) mass is 362 g/mol. The van der Waals surface area contributed by atoms with Gasteiger partial charge in [-0.25, -0.2) is 9.18 Å². The first-order valence-corrected chi connectivity index (χ1v) is 8.84. The van der Waals surface area contributed by atoms with Crippen LogP contribution in [0, 0.1) is 5.82 Å². The van der Waals surface area contributed by atoms with E-state index < -0.39 is 17.5 Å². The average Bonchev–Trinajstić information content (AvgIpc) is 2.85. The minimum absolute atomic E-state index is 0.0952. The molecule has 1 heterocycles. The SMILES string of the molecule is CN(CCC(=O)NN1C(=O)NC2(CCCCC2)C1=O)c1ccc(F)cc1. The Morgan fingerprint density at radius 3 is 2.54 bits per heavy atom. The standard InChI is InChI=1S/C18H23FN4O3/c1-22(14-7-5-13(19)6-8-14)12-9-15(24)21-23-16(25)18(20-17(23)26)10-3-2-4-11-18/h5-8H,2-4,9-12H2,1H3,(H,20,26)(H,21,24). The number of urea groups is 1. The summed E-state index contributed by atoms with van der Waals surface area (Å²) in [5, 5.41) is 3.56. The molecule has 1 aliphatic carbocycles. The maximum Gasteiger partial charge on any atom is 0.344 e.